The van der Waals surface area contributed by atoms with E-state index in [1.807, 2.05) is 6.92 Å². The molecule has 1 aromatic heterocycles. The highest BCUT2D eigenvalue weighted by atomic mass is 32.2. The van der Waals surface area contributed by atoms with Gasteiger partial charge in [0.2, 0.25) is 5.91 Å². The van der Waals surface area contributed by atoms with Crippen molar-refractivity contribution in [2.75, 3.05) is 5.75 Å². The molecule has 0 fully saturated rings. The minimum atomic E-state index is 0.00159. The molecule has 1 aliphatic rings. The van der Waals surface area contributed by atoms with Crippen LogP contribution in [-0.4, -0.2) is 26.4 Å². The van der Waals surface area contributed by atoms with Crippen LogP contribution in [0.5, 0.6) is 0 Å². The number of benzene rings is 1. The number of nitrogens with zero attached hydrogens (tertiary/aromatic N) is 3. The number of fused-ring (bicyclic) bond motifs is 1. The molecule has 1 aliphatic heterocycles. The van der Waals surface area contributed by atoms with E-state index in [4.69, 9.17) is 0 Å². The van der Waals surface area contributed by atoms with E-state index in [2.05, 4.69) is 58.2 Å². The number of carbonyl (C=O) groups excluding carboxylic acids is 1. The molecule has 0 spiro atoms. The molecular weight excluding hydrogens is 356 g/mol. The van der Waals surface area contributed by atoms with E-state index >= 15 is 0 Å². The zero-order valence-corrected chi connectivity index (χ0v) is 17.4. The van der Waals surface area contributed by atoms with E-state index in [1.54, 1.807) is 0 Å². The van der Waals surface area contributed by atoms with Gasteiger partial charge in [0.15, 0.2) is 5.16 Å². The van der Waals surface area contributed by atoms with Gasteiger partial charge in [0, 0.05) is 13.0 Å². The summed E-state index contributed by atoms with van der Waals surface area (Å²) in [6.07, 6.45) is 5.65. The number of amides is 1. The number of carbonyl (C=O) groups is 1. The molecule has 6 heteroatoms. The molecule has 2 heterocycles. The Bertz CT molecular complexity index is 754. The summed E-state index contributed by atoms with van der Waals surface area (Å²) in [6.45, 7) is 7.44. The number of rotatable bonds is 7. The fourth-order valence-electron chi connectivity index (χ4n) is 3.48. The molecule has 1 atom stereocenters. The Morgan fingerprint density at radius 3 is 2.67 bits per heavy atom. The van der Waals surface area contributed by atoms with Crippen molar-refractivity contribution in [1.82, 2.24) is 20.1 Å². The van der Waals surface area contributed by atoms with Crippen LogP contribution in [0.2, 0.25) is 0 Å². The smallest absolute Gasteiger partial charge is 0.230 e. The Kier molecular flexibility index (Phi) is 6.94. The summed E-state index contributed by atoms with van der Waals surface area (Å²) in [7, 11) is 0. The van der Waals surface area contributed by atoms with Crippen LogP contribution >= 0.6 is 11.8 Å². The predicted molar refractivity (Wildman–Crippen MR) is 110 cm³/mol. The van der Waals surface area contributed by atoms with E-state index in [-0.39, 0.29) is 11.9 Å². The third-order valence-corrected chi connectivity index (χ3v) is 5.88. The zero-order valence-electron chi connectivity index (χ0n) is 16.6. The van der Waals surface area contributed by atoms with E-state index in [1.165, 1.54) is 30.2 Å². The van der Waals surface area contributed by atoms with Gasteiger partial charge in [-0.05, 0) is 43.2 Å². The lowest BCUT2D eigenvalue weighted by Gasteiger charge is -2.15. The molecule has 0 saturated heterocycles. The lowest BCUT2D eigenvalue weighted by atomic mass is 10.00. The topological polar surface area (TPSA) is 59.8 Å². The second-order valence-electron chi connectivity index (χ2n) is 7.78. The maximum atomic E-state index is 12.4. The monoisotopic (exact) mass is 386 g/mol. The van der Waals surface area contributed by atoms with Gasteiger partial charge in [0.1, 0.15) is 5.82 Å². The first-order chi connectivity index (χ1) is 13.0. The highest BCUT2D eigenvalue weighted by molar-refractivity contribution is 7.99. The summed E-state index contributed by atoms with van der Waals surface area (Å²) in [6, 6.07) is 8.57. The highest BCUT2D eigenvalue weighted by Gasteiger charge is 2.17. The maximum absolute atomic E-state index is 12.4. The fraction of sp³-hybridized carbons (Fsp3) is 0.571. The van der Waals surface area contributed by atoms with Crippen molar-refractivity contribution in [2.45, 2.75) is 70.6 Å². The van der Waals surface area contributed by atoms with Crippen molar-refractivity contribution in [3.8, 4) is 0 Å². The van der Waals surface area contributed by atoms with Crippen molar-refractivity contribution >= 4 is 17.7 Å². The van der Waals surface area contributed by atoms with Crippen molar-refractivity contribution in [2.24, 2.45) is 5.92 Å². The van der Waals surface area contributed by atoms with Crippen LogP contribution in [0.1, 0.15) is 63.0 Å². The minimum absolute atomic E-state index is 0.00159. The Balaban J connectivity index is 1.51. The normalized spacial score (nSPS) is 15.3. The van der Waals surface area contributed by atoms with Crippen LogP contribution in [0.4, 0.5) is 0 Å². The summed E-state index contributed by atoms with van der Waals surface area (Å²) in [5.74, 6) is 2.11. The number of hydrogen-bond donors (Lipinski definition) is 1. The quantitative estimate of drug-likeness (QED) is 0.726. The standard InChI is InChI=1S/C21H30N4OS/c1-15(2)13-17-8-10-18(11-9-17)16(3)22-20(26)14-27-21-24-23-19-7-5-4-6-12-25(19)21/h8-11,15-16H,4-7,12-14H2,1-3H3,(H,22,26). The molecule has 27 heavy (non-hydrogen) atoms. The first-order valence-electron chi connectivity index (χ1n) is 9.96. The average molecular weight is 387 g/mol. The van der Waals surface area contributed by atoms with Gasteiger partial charge in [-0.15, -0.1) is 10.2 Å². The van der Waals surface area contributed by atoms with Crippen molar-refractivity contribution in [1.29, 1.82) is 0 Å². The van der Waals surface area contributed by atoms with Crippen LogP contribution in [0.25, 0.3) is 0 Å². The summed E-state index contributed by atoms with van der Waals surface area (Å²) < 4.78 is 2.18. The Hall–Kier alpha value is -1.82. The molecule has 1 aromatic carbocycles. The van der Waals surface area contributed by atoms with Gasteiger partial charge in [0.25, 0.3) is 0 Å². The largest absolute Gasteiger partial charge is 0.349 e. The molecule has 146 valence electrons. The number of aromatic nitrogens is 3. The van der Waals surface area contributed by atoms with Crippen molar-refractivity contribution in [3.05, 3.63) is 41.2 Å². The molecule has 1 N–H and O–H groups in total. The van der Waals surface area contributed by atoms with Crippen molar-refractivity contribution in [3.63, 3.8) is 0 Å². The summed E-state index contributed by atoms with van der Waals surface area (Å²) in [4.78, 5) is 12.4. The van der Waals surface area contributed by atoms with Gasteiger partial charge in [-0.3, -0.25) is 4.79 Å². The average Bonchev–Trinajstić information content (AvgIpc) is 2.86. The van der Waals surface area contributed by atoms with Crippen LogP contribution < -0.4 is 5.32 Å². The van der Waals surface area contributed by atoms with Crippen molar-refractivity contribution < 1.29 is 4.79 Å². The highest BCUT2D eigenvalue weighted by Crippen LogP contribution is 2.22. The number of aryl methyl sites for hydroxylation is 1. The molecule has 0 radical (unpaired) electrons. The summed E-state index contributed by atoms with van der Waals surface area (Å²) >= 11 is 1.48. The Labute approximate surface area is 166 Å². The first kappa shape index (κ1) is 19.9. The minimum Gasteiger partial charge on any atom is -0.349 e. The van der Waals surface area contributed by atoms with Crippen LogP contribution in [0, 0.1) is 5.92 Å². The maximum Gasteiger partial charge on any atom is 0.230 e. The number of nitrogens with one attached hydrogen (secondary N) is 1. The van der Waals surface area contributed by atoms with E-state index < -0.39 is 0 Å². The van der Waals surface area contributed by atoms with Gasteiger partial charge in [-0.1, -0.05) is 56.3 Å². The molecule has 1 amide bonds. The third kappa shape index (κ3) is 5.58. The van der Waals surface area contributed by atoms with E-state index in [9.17, 15) is 4.79 Å². The number of hydrogen-bond acceptors (Lipinski definition) is 4. The lowest BCUT2D eigenvalue weighted by molar-refractivity contribution is -0.119. The second-order valence-corrected chi connectivity index (χ2v) is 8.72. The fourth-order valence-corrected chi connectivity index (χ4v) is 4.27. The molecule has 3 rings (SSSR count). The lowest BCUT2D eigenvalue weighted by Crippen LogP contribution is -2.28. The molecule has 0 bridgehead atoms. The van der Waals surface area contributed by atoms with Gasteiger partial charge in [-0.25, -0.2) is 0 Å². The van der Waals surface area contributed by atoms with Crippen LogP contribution in [0.3, 0.4) is 0 Å². The molecule has 0 saturated carbocycles. The zero-order chi connectivity index (χ0) is 19.2. The van der Waals surface area contributed by atoms with Gasteiger partial charge >= 0.3 is 0 Å². The molecule has 2 aromatic rings. The van der Waals surface area contributed by atoms with Gasteiger partial charge < -0.3 is 9.88 Å². The van der Waals surface area contributed by atoms with Crippen LogP contribution in [0.15, 0.2) is 29.4 Å². The molecule has 0 aliphatic carbocycles. The third-order valence-electron chi connectivity index (χ3n) is 4.91. The van der Waals surface area contributed by atoms with Gasteiger partial charge in [0.05, 0.1) is 11.8 Å². The predicted octanol–water partition coefficient (Wildman–Crippen LogP) is 4.17. The van der Waals surface area contributed by atoms with Gasteiger partial charge in [-0.2, -0.15) is 0 Å². The second kappa shape index (κ2) is 9.40. The Morgan fingerprint density at radius 2 is 1.93 bits per heavy atom. The summed E-state index contributed by atoms with van der Waals surface area (Å²) in [5, 5.41) is 12.5. The first-order valence-corrected chi connectivity index (χ1v) is 10.9. The van der Waals surface area contributed by atoms with E-state index in [0.29, 0.717) is 11.7 Å². The molecule has 5 nitrogen and oxygen atoms in total. The molecule has 1 unspecified atom stereocenters. The SMILES string of the molecule is CC(C)Cc1ccc(C(C)NC(=O)CSc2nnc3n2CCCCC3)cc1. The van der Waals surface area contributed by atoms with Crippen LogP contribution in [-0.2, 0) is 24.2 Å². The number of thioether (sulfide) groups is 1. The Morgan fingerprint density at radius 1 is 1.15 bits per heavy atom. The van der Waals surface area contributed by atoms with E-state index in [0.717, 1.165) is 42.4 Å². The molecular formula is C21H30N4OS. The summed E-state index contributed by atoms with van der Waals surface area (Å²) in [5.41, 5.74) is 2.48.